The molecule has 6 heteroatoms. The molecule has 0 spiro atoms. The summed E-state index contributed by atoms with van der Waals surface area (Å²) < 4.78 is 27.8. The lowest BCUT2D eigenvalue weighted by Crippen LogP contribution is -2.23. The van der Waals surface area contributed by atoms with E-state index in [0.29, 0.717) is 10.0 Å². The minimum Gasteiger partial charge on any atom is -0.348 e. The van der Waals surface area contributed by atoms with Crippen LogP contribution in [0.25, 0.3) is 0 Å². The molecular formula is C14H9Br2F2NO. The van der Waals surface area contributed by atoms with Crippen molar-refractivity contribution in [1.82, 2.24) is 5.32 Å². The molecule has 2 rings (SSSR count). The average molecular weight is 405 g/mol. The summed E-state index contributed by atoms with van der Waals surface area (Å²) in [6.07, 6.45) is 0. The molecule has 1 N–H and O–H groups in total. The third-order valence-electron chi connectivity index (χ3n) is 2.62. The molecule has 0 aliphatic carbocycles. The van der Waals surface area contributed by atoms with Crippen molar-refractivity contribution in [3.8, 4) is 0 Å². The Hall–Kier alpha value is -1.27. The van der Waals surface area contributed by atoms with Crippen molar-refractivity contribution in [2.75, 3.05) is 0 Å². The Morgan fingerprint density at radius 2 is 1.85 bits per heavy atom. The first-order chi connectivity index (χ1) is 9.47. The second-order valence-electron chi connectivity index (χ2n) is 4.04. The van der Waals surface area contributed by atoms with Crippen LogP contribution in [0.5, 0.6) is 0 Å². The third-order valence-corrected chi connectivity index (χ3v) is 3.80. The zero-order valence-electron chi connectivity index (χ0n) is 10.1. The molecular weight excluding hydrogens is 396 g/mol. The predicted octanol–water partition coefficient (Wildman–Crippen LogP) is 4.42. The maximum Gasteiger partial charge on any atom is 0.252 e. The quantitative estimate of drug-likeness (QED) is 0.805. The lowest BCUT2D eigenvalue weighted by molar-refractivity contribution is 0.0949. The lowest BCUT2D eigenvalue weighted by Gasteiger charge is -2.08. The van der Waals surface area contributed by atoms with Crippen LogP contribution in [-0.2, 0) is 6.54 Å². The van der Waals surface area contributed by atoms with Gasteiger partial charge < -0.3 is 5.32 Å². The first kappa shape index (κ1) is 15.1. The molecule has 0 aliphatic heterocycles. The highest BCUT2D eigenvalue weighted by atomic mass is 79.9. The summed E-state index contributed by atoms with van der Waals surface area (Å²) in [5.41, 5.74) is 0.514. The van der Waals surface area contributed by atoms with E-state index in [2.05, 4.69) is 37.2 Å². The van der Waals surface area contributed by atoms with E-state index in [1.165, 1.54) is 0 Å². The molecule has 0 saturated heterocycles. The highest BCUT2D eigenvalue weighted by molar-refractivity contribution is 9.11. The van der Waals surface area contributed by atoms with Gasteiger partial charge in [-0.05, 0) is 52.3 Å². The summed E-state index contributed by atoms with van der Waals surface area (Å²) in [4.78, 5) is 12.0. The summed E-state index contributed by atoms with van der Waals surface area (Å²) >= 11 is 6.54. The second-order valence-corrected chi connectivity index (χ2v) is 5.81. The molecule has 2 aromatic carbocycles. The van der Waals surface area contributed by atoms with Crippen LogP contribution in [0.1, 0.15) is 15.9 Å². The molecule has 0 aliphatic rings. The topological polar surface area (TPSA) is 29.1 Å². The van der Waals surface area contributed by atoms with Gasteiger partial charge >= 0.3 is 0 Å². The Balaban J connectivity index is 2.12. The van der Waals surface area contributed by atoms with Crippen molar-refractivity contribution in [3.05, 3.63) is 68.1 Å². The summed E-state index contributed by atoms with van der Waals surface area (Å²) in [6, 6.07) is 8.28. The molecule has 1 amide bonds. The molecule has 0 heterocycles. The first-order valence-corrected chi connectivity index (χ1v) is 7.23. The number of carbonyl (C=O) groups is 1. The highest BCUT2D eigenvalue weighted by Crippen LogP contribution is 2.21. The smallest absolute Gasteiger partial charge is 0.252 e. The van der Waals surface area contributed by atoms with E-state index in [0.717, 1.165) is 22.7 Å². The predicted molar refractivity (Wildman–Crippen MR) is 79.4 cm³/mol. The fourth-order valence-corrected chi connectivity index (χ4v) is 2.41. The Morgan fingerprint density at radius 3 is 2.60 bits per heavy atom. The molecule has 0 bridgehead atoms. The minimum atomic E-state index is -0.556. The van der Waals surface area contributed by atoms with Gasteiger partial charge in [0.15, 0.2) is 0 Å². The van der Waals surface area contributed by atoms with Crippen molar-refractivity contribution in [3.63, 3.8) is 0 Å². The number of amides is 1. The van der Waals surface area contributed by atoms with Crippen LogP contribution in [0, 0.1) is 11.6 Å². The molecule has 20 heavy (non-hydrogen) atoms. The van der Waals surface area contributed by atoms with Crippen molar-refractivity contribution in [1.29, 1.82) is 0 Å². The molecule has 104 valence electrons. The number of halogens is 4. The van der Waals surface area contributed by atoms with Gasteiger partial charge in [0.25, 0.3) is 5.91 Å². The number of rotatable bonds is 3. The van der Waals surface area contributed by atoms with E-state index >= 15 is 0 Å². The van der Waals surface area contributed by atoms with Gasteiger partial charge in [-0.1, -0.05) is 15.9 Å². The van der Waals surface area contributed by atoms with E-state index in [1.54, 1.807) is 18.2 Å². The van der Waals surface area contributed by atoms with Gasteiger partial charge in [-0.3, -0.25) is 4.79 Å². The Kier molecular flexibility index (Phi) is 4.88. The standard InChI is InChI=1S/C14H9Br2F2NO/c15-9-1-3-12(16)11(6-9)14(20)19-7-8-5-10(17)2-4-13(8)18/h1-6H,7H2,(H,19,20). The SMILES string of the molecule is O=C(NCc1cc(F)ccc1F)c1cc(Br)ccc1Br. The fourth-order valence-electron chi connectivity index (χ4n) is 1.62. The van der Waals surface area contributed by atoms with Crippen molar-refractivity contribution >= 4 is 37.8 Å². The third kappa shape index (κ3) is 3.64. The second kappa shape index (κ2) is 6.45. The van der Waals surface area contributed by atoms with E-state index in [-0.39, 0.29) is 18.0 Å². The monoisotopic (exact) mass is 403 g/mol. The first-order valence-electron chi connectivity index (χ1n) is 5.64. The summed E-state index contributed by atoms with van der Waals surface area (Å²) in [5.74, 6) is -1.47. The highest BCUT2D eigenvalue weighted by Gasteiger charge is 2.11. The number of benzene rings is 2. The zero-order chi connectivity index (χ0) is 14.7. The van der Waals surface area contributed by atoms with E-state index in [1.807, 2.05) is 0 Å². The van der Waals surface area contributed by atoms with Crippen molar-refractivity contribution < 1.29 is 13.6 Å². The lowest BCUT2D eigenvalue weighted by atomic mass is 10.2. The molecule has 2 aromatic rings. The molecule has 0 saturated carbocycles. The van der Waals surface area contributed by atoms with E-state index in [4.69, 9.17) is 0 Å². The largest absolute Gasteiger partial charge is 0.348 e. The number of hydrogen-bond acceptors (Lipinski definition) is 1. The molecule has 0 fully saturated rings. The van der Waals surface area contributed by atoms with Crippen LogP contribution < -0.4 is 5.32 Å². The average Bonchev–Trinajstić information content (AvgIpc) is 2.42. The molecule has 2 nitrogen and oxygen atoms in total. The van der Waals surface area contributed by atoms with Crippen LogP contribution in [0.3, 0.4) is 0 Å². The van der Waals surface area contributed by atoms with Gasteiger partial charge in [-0.2, -0.15) is 0 Å². The Morgan fingerprint density at radius 1 is 1.10 bits per heavy atom. The zero-order valence-corrected chi connectivity index (χ0v) is 13.3. The van der Waals surface area contributed by atoms with Crippen molar-refractivity contribution in [2.45, 2.75) is 6.54 Å². The summed E-state index contributed by atoms with van der Waals surface area (Å²) in [7, 11) is 0. The summed E-state index contributed by atoms with van der Waals surface area (Å²) in [6.45, 7) is -0.0820. The molecule has 0 atom stereocenters. The maximum atomic E-state index is 13.4. The van der Waals surface area contributed by atoms with E-state index in [9.17, 15) is 13.6 Å². The normalized spacial score (nSPS) is 10.4. The van der Waals surface area contributed by atoms with Crippen molar-refractivity contribution in [2.24, 2.45) is 0 Å². The Bertz CT molecular complexity index is 662. The van der Waals surface area contributed by atoms with Gasteiger partial charge in [0.2, 0.25) is 0 Å². The number of carbonyl (C=O) groups excluding carboxylic acids is 1. The van der Waals surface area contributed by atoms with Crippen LogP contribution in [0.4, 0.5) is 8.78 Å². The summed E-state index contributed by atoms with van der Waals surface area (Å²) in [5, 5.41) is 2.55. The maximum absolute atomic E-state index is 13.4. The van der Waals surface area contributed by atoms with Crippen LogP contribution in [-0.4, -0.2) is 5.91 Å². The van der Waals surface area contributed by atoms with E-state index < -0.39 is 11.6 Å². The van der Waals surface area contributed by atoms with Crippen LogP contribution in [0.2, 0.25) is 0 Å². The number of hydrogen-bond donors (Lipinski definition) is 1. The minimum absolute atomic E-state index is 0.0820. The number of nitrogens with one attached hydrogen (secondary N) is 1. The van der Waals surface area contributed by atoms with Crippen LogP contribution in [0.15, 0.2) is 45.3 Å². The Labute approximate surface area is 131 Å². The van der Waals surface area contributed by atoms with Gasteiger partial charge in [0.05, 0.1) is 5.56 Å². The fraction of sp³-hybridized carbons (Fsp3) is 0.0714. The van der Waals surface area contributed by atoms with Gasteiger partial charge in [0.1, 0.15) is 11.6 Å². The molecule has 0 unspecified atom stereocenters. The van der Waals surface area contributed by atoms with Gasteiger partial charge in [-0.15, -0.1) is 0 Å². The molecule has 0 aromatic heterocycles. The van der Waals surface area contributed by atoms with Gasteiger partial charge in [-0.25, -0.2) is 8.78 Å². The van der Waals surface area contributed by atoms with Crippen LogP contribution >= 0.6 is 31.9 Å². The van der Waals surface area contributed by atoms with Gasteiger partial charge in [0, 0.05) is 21.1 Å². The molecule has 0 radical (unpaired) electrons.